The molecule has 5 heteroatoms. The molecular formula is C13H21NO3S. The maximum atomic E-state index is 9.73. The van der Waals surface area contributed by atoms with Gasteiger partial charge < -0.3 is 14.6 Å². The minimum absolute atomic E-state index is 0.310. The van der Waals surface area contributed by atoms with Gasteiger partial charge in [0.1, 0.15) is 10.6 Å². The molecule has 102 valence electrons. The van der Waals surface area contributed by atoms with Crippen LogP contribution in [-0.4, -0.2) is 29.9 Å². The standard InChI is InChI=1S/C13H21NO3S/c1-4-17-13(5-7-16-8-6-13)12-14-9(2)11(18-12)10(3)15/h10,15H,4-8H2,1-3H3. The summed E-state index contributed by atoms with van der Waals surface area (Å²) >= 11 is 1.57. The molecule has 1 aliphatic heterocycles. The summed E-state index contributed by atoms with van der Waals surface area (Å²) in [5, 5.41) is 10.7. The molecule has 0 aliphatic carbocycles. The van der Waals surface area contributed by atoms with Gasteiger partial charge in [0.15, 0.2) is 0 Å². The first-order valence-electron chi connectivity index (χ1n) is 6.46. The van der Waals surface area contributed by atoms with Gasteiger partial charge in [0, 0.05) is 32.7 Å². The first-order valence-corrected chi connectivity index (χ1v) is 7.28. The summed E-state index contributed by atoms with van der Waals surface area (Å²) in [6.45, 7) is 7.82. The highest BCUT2D eigenvalue weighted by Gasteiger charge is 2.38. The SMILES string of the molecule is CCOC1(c2nc(C)c(C(C)O)s2)CCOCC1. The molecule has 0 amide bonds. The molecule has 1 N–H and O–H groups in total. The van der Waals surface area contributed by atoms with Gasteiger partial charge in [-0.05, 0) is 20.8 Å². The van der Waals surface area contributed by atoms with E-state index in [4.69, 9.17) is 9.47 Å². The molecule has 4 nitrogen and oxygen atoms in total. The van der Waals surface area contributed by atoms with Crippen molar-refractivity contribution in [3.63, 3.8) is 0 Å². The van der Waals surface area contributed by atoms with E-state index < -0.39 is 6.10 Å². The number of aliphatic hydroxyl groups is 1. The Bertz CT molecular complexity index is 391. The molecule has 0 saturated carbocycles. The quantitative estimate of drug-likeness (QED) is 0.914. The lowest BCUT2D eigenvalue weighted by Gasteiger charge is -2.35. The molecule has 1 aliphatic rings. The van der Waals surface area contributed by atoms with Gasteiger partial charge in [0.25, 0.3) is 0 Å². The first kappa shape index (κ1) is 13.9. The summed E-state index contributed by atoms with van der Waals surface area (Å²) in [5.74, 6) is 0. The van der Waals surface area contributed by atoms with Crippen molar-refractivity contribution in [1.29, 1.82) is 0 Å². The number of thiazole rings is 1. The van der Waals surface area contributed by atoms with Crippen LogP contribution < -0.4 is 0 Å². The highest BCUT2D eigenvalue weighted by Crippen LogP contribution is 2.40. The lowest BCUT2D eigenvalue weighted by Crippen LogP contribution is -2.36. The van der Waals surface area contributed by atoms with Gasteiger partial charge in [-0.2, -0.15) is 0 Å². The Morgan fingerprint density at radius 3 is 2.67 bits per heavy atom. The largest absolute Gasteiger partial charge is 0.388 e. The summed E-state index contributed by atoms with van der Waals surface area (Å²) in [4.78, 5) is 5.56. The van der Waals surface area contributed by atoms with E-state index in [1.165, 1.54) is 0 Å². The van der Waals surface area contributed by atoms with Gasteiger partial charge in [0.2, 0.25) is 0 Å². The molecule has 1 saturated heterocycles. The van der Waals surface area contributed by atoms with Crippen LogP contribution in [0.2, 0.25) is 0 Å². The second-order valence-electron chi connectivity index (χ2n) is 4.68. The van der Waals surface area contributed by atoms with E-state index in [2.05, 4.69) is 4.98 Å². The molecule has 0 radical (unpaired) electrons. The van der Waals surface area contributed by atoms with Crippen molar-refractivity contribution in [2.45, 2.75) is 45.3 Å². The lowest BCUT2D eigenvalue weighted by molar-refractivity contribution is -0.112. The third kappa shape index (κ3) is 2.59. The summed E-state index contributed by atoms with van der Waals surface area (Å²) < 4.78 is 11.4. The van der Waals surface area contributed by atoms with Crippen molar-refractivity contribution in [1.82, 2.24) is 4.98 Å². The third-order valence-corrected chi connectivity index (χ3v) is 4.84. The van der Waals surface area contributed by atoms with Crippen molar-refractivity contribution in [3.8, 4) is 0 Å². The maximum Gasteiger partial charge on any atom is 0.125 e. The zero-order chi connectivity index (χ0) is 13.2. The molecule has 0 aromatic carbocycles. The molecule has 1 atom stereocenters. The fraction of sp³-hybridized carbons (Fsp3) is 0.769. The van der Waals surface area contributed by atoms with Gasteiger partial charge in [0.05, 0.1) is 16.7 Å². The molecule has 0 bridgehead atoms. The Kier molecular flexibility index (Phi) is 4.37. The van der Waals surface area contributed by atoms with E-state index in [9.17, 15) is 5.11 Å². The number of hydrogen-bond donors (Lipinski definition) is 1. The molecule has 1 aromatic heterocycles. The smallest absolute Gasteiger partial charge is 0.125 e. The molecule has 1 fully saturated rings. The van der Waals surface area contributed by atoms with E-state index in [0.29, 0.717) is 19.8 Å². The average Bonchev–Trinajstić information content (AvgIpc) is 2.74. The van der Waals surface area contributed by atoms with E-state index in [1.807, 2.05) is 13.8 Å². The Balaban J connectivity index is 2.33. The van der Waals surface area contributed by atoms with Crippen LogP contribution in [0.3, 0.4) is 0 Å². The number of aromatic nitrogens is 1. The predicted molar refractivity (Wildman–Crippen MR) is 70.8 cm³/mol. The number of rotatable bonds is 4. The molecule has 2 heterocycles. The molecular weight excluding hydrogens is 250 g/mol. The van der Waals surface area contributed by atoms with Crippen LogP contribution in [0, 0.1) is 6.92 Å². The van der Waals surface area contributed by atoms with Gasteiger partial charge in [-0.3, -0.25) is 0 Å². The fourth-order valence-corrected chi connectivity index (χ4v) is 3.59. The number of ether oxygens (including phenoxy) is 2. The minimum atomic E-state index is -0.463. The predicted octanol–water partition coefficient (Wildman–Crippen LogP) is 2.55. The highest BCUT2D eigenvalue weighted by molar-refractivity contribution is 7.12. The monoisotopic (exact) mass is 271 g/mol. The minimum Gasteiger partial charge on any atom is -0.388 e. The summed E-state index contributed by atoms with van der Waals surface area (Å²) in [6, 6.07) is 0. The number of hydrogen-bond acceptors (Lipinski definition) is 5. The van der Waals surface area contributed by atoms with Crippen LogP contribution in [0.15, 0.2) is 0 Å². The van der Waals surface area contributed by atoms with Crippen molar-refractivity contribution < 1.29 is 14.6 Å². The van der Waals surface area contributed by atoms with E-state index >= 15 is 0 Å². The molecule has 0 spiro atoms. The molecule has 18 heavy (non-hydrogen) atoms. The fourth-order valence-electron chi connectivity index (χ4n) is 2.39. The lowest BCUT2D eigenvalue weighted by atomic mass is 9.95. The zero-order valence-corrected chi connectivity index (χ0v) is 12.0. The Hall–Kier alpha value is -0.490. The summed E-state index contributed by atoms with van der Waals surface area (Å²) in [5.41, 5.74) is 0.603. The second-order valence-corrected chi connectivity index (χ2v) is 5.71. The van der Waals surface area contributed by atoms with Crippen molar-refractivity contribution >= 4 is 11.3 Å². The van der Waals surface area contributed by atoms with Crippen LogP contribution in [0.25, 0.3) is 0 Å². The van der Waals surface area contributed by atoms with Gasteiger partial charge >= 0.3 is 0 Å². The van der Waals surface area contributed by atoms with E-state index in [-0.39, 0.29) is 5.60 Å². The van der Waals surface area contributed by atoms with Crippen molar-refractivity contribution in [2.75, 3.05) is 19.8 Å². The number of aryl methyl sites for hydroxylation is 1. The van der Waals surface area contributed by atoms with E-state index in [1.54, 1.807) is 18.3 Å². The second kappa shape index (κ2) is 5.65. The maximum absolute atomic E-state index is 9.73. The van der Waals surface area contributed by atoms with Crippen molar-refractivity contribution in [2.24, 2.45) is 0 Å². The van der Waals surface area contributed by atoms with Gasteiger partial charge in [-0.1, -0.05) is 0 Å². The Morgan fingerprint density at radius 1 is 1.50 bits per heavy atom. The van der Waals surface area contributed by atoms with Gasteiger partial charge in [-0.15, -0.1) is 11.3 Å². The molecule has 1 unspecified atom stereocenters. The Labute approximate surface area is 112 Å². The van der Waals surface area contributed by atoms with Crippen LogP contribution >= 0.6 is 11.3 Å². The van der Waals surface area contributed by atoms with Crippen molar-refractivity contribution in [3.05, 3.63) is 15.6 Å². The number of nitrogens with zero attached hydrogens (tertiary/aromatic N) is 1. The van der Waals surface area contributed by atoms with Crippen LogP contribution in [-0.2, 0) is 15.1 Å². The normalized spacial score (nSPS) is 20.9. The molecule has 1 aromatic rings. The zero-order valence-electron chi connectivity index (χ0n) is 11.2. The molecule has 2 rings (SSSR count). The Morgan fingerprint density at radius 2 is 2.17 bits per heavy atom. The topological polar surface area (TPSA) is 51.6 Å². The number of aliphatic hydroxyl groups excluding tert-OH is 1. The summed E-state index contributed by atoms with van der Waals surface area (Å²) in [6.07, 6.45) is 1.22. The average molecular weight is 271 g/mol. The van der Waals surface area contributed by atoms with Crippen LogP contribution in [0.1, 0.15) is 48.4 Å². The van der Waals surface area contributed by atoms with Crippen LogP contribution in [0.5, 0.6) is 0 Å². The summed E-state index contributed by atoms with van der Waals surface area (Å²) in [7, 11) is 0. The first-order chi connectivity index (χ1) is 8.59. The highest BCUT2D eigenvalue weighted by atomic mass is 32.1. The van der Waals surface area contributed by atoms with Crippen LogP contribution in [0.4, 0.5) is 0 Å². The third-order valence-electron chi connectivity index (χ3n) is 3.32. The van der Waals surface area contributed by atoms with E-state index in [0.717, 1.165) is 28.4 Å². The van der Waals surface area contributed by atoms with Gasteiger partial charge in [-0.25, -0.2) is 4.98 Å².